The Morgan fingerprint density at radius 3 is 2.87 bits per heavy atom. The monoisotopic (exact) mass is 203 g/mol. The van der Waals surface area contributed by atoms with Crippen molar-refractivity contribution in [3.63, 3.8) is 0 Å². The Morgan fingerprint density at radius 2 is 2.13 bits per heavy atom. The van der Waals surface area contributed by atoms with E-state index in [0.29, 0.717) is 11.3 Å². The normalized spacial score (nSPS) is 27.4. The van der Waals surface area contributed by atoms with Crippen molar-refractivity contribution in [3.05, 3.63) is 29.8 Å². The lowest BCUT2D eigenvalue weighted by molar-refractivity contribution is -0.117. The van der Waals surface area contributed by atoms with E-state index in [2.05, 4.69) is 36.5 Å². The average molecular weight is 203 g/mol. The van der Waals surface area contributed by atoms with Crippen molar-refractivity contribution in [1.29, 1.82) is 0 Å². The van der Waals surface area contributed by atoms with Gasteiger partial charge in [-0.05, 0) is 24.0 Å². The van der Waals surface area contributed by atoms with Crippen LogP contribution in [0.3, 0.4) is 0 Å². The third kappa shape index (κ3) is 1.36. The molecule has 1 fully saturated rings. The second-order valence-corrected chi connectivity index (χ2v) is 5.00. The number of fused-ring (bicyclic) bond motifs is 1. The minimum atomic E-state index is 0.373. The molecule has 0 radical (unpaired) electrons. The first-order chi connectivity index (χ1) is 7.30. The zero-order chi connectivity index (χ0) is 10.3. The molecule has 1 atom stereocenters. The molecule has 0 aromatic heterocycles. The van der Waals surface area contributed by atoms with Crippen molar-refractivity contribution < 1.29 is 4.74 Å². The number of para-hydroxylation sites is 1. The molecule has 0 amide bonds. The van der Waals surface area contributed by atoms with Crippen LogP contribution in [0.4, 0.5) is 5.69 Å². The first-order valence-corrected chi connectivity index (χ1v) is 5.70. The van der Waals surface area contributed by atoms with Crippen molar-refractivity contribution in [2.75, 3.05) is 25.1 Å². The maximum Gasteiger partial charge on any atom is 0.0548 e. The van der Waals surface area contributed by atoms with Gasteiger partial charge in [0.2, 0.25) is 0 Å². The number of hydrogen-bond acceptors (Lipinski definition) is 2. The van der Waals surface area contributed by atoms with E-state index in [9.17, 15) is 0 Å². The van der Waals surface area contributed by atoms with Gasteiger partial charge in [-0.3, -0.25) is 0 Å². The molecule has 0 unspecified atom stereocenters. The van der Waals surface area contributed by atoms with Crippen molar-refractivity contribution in [3.8, 4) is 0 Å². The van der Waals surface area contributed by atoms with Gasteiger partial charge in [-0.25, -0.2) is 0 Å². The summed E-state index contributed by atoms with van der Waals surface area (Å²) in [6.07, 6.45) is 1.23. The summed E-state index contributed by atoms with van der Waals surface area (Å²) in [4.78, 5) is 0. The van der Waals surface area contributed by atoms with E-state index in [1.54, 1.807) is 0 Å². The van der Waals surface area contributed by atoms with Gasteiger partial charge < -0.3 is 10.1 Å². The van der Waals surface area contributed by atoms with Gasteiger partial charge >= 0.3 is 0 Å². The number of hydrogen-bond donors (Lipinski definition) is 1. The highest BCUT2D eigenvalue weighted by Crippen LogP contribution is 2.47. The lowest BCUT2D eigenvalue weighted by Crippen LogP contribution is -2.46. The molecule has 0 spiro atoms. The van der Waals surface area contributed by atoms with Crippen LogP contribution in [0.25, 0.3) is 0 Å². The molecule has 80 valence electrons. The number of rotatable bonds is 1. The standard InChI is InChI=1S/C13H17NO/c1-13(8-15-9-13)11-6-7-14-12-5-3-2-4-10(11)12/h2-5,11,14H,6-9H2,1H3/t11-/m1/s1. The summed E-state index contributed by atoms with van der Waals surface area (Å²) in [7, 11) is 0. The molecule has 1 N–H and O–H groups in total. The van der Waals surface area contributed by atoms with Gasteiger partial charge in [0.15, 0.2) is 0 Å². The van der Waals surface area contributed by atoms with Crippen LogP contribution in [0, 0.1) is 5.41 Å². The van der Waals surface area contributed by atoms with Crippen LogP contribution in [0.1, 0.15) is 24.8 Å². The first-order valence-electron chi connectivity index (χ1n) is 5.70. The Labute approximate surface area is 90.6 Å². The van der Waals surface area contributed by atoms with Gasteiger partial charge in [-0.15, -0.1) is 0 Å². The third-order valence-corrected chi connectivity index (χ3v) is 3.79. The number of ether oxygens (including phenoxy) is 1. The van der Waals surface area contributed by atoms with E-state index in [1.807, 2.05) is 0 Å². The molecule has 3 rings (SSSR count). The summed E-state index contributed by atoms with van der Waals surface area (Å²) >= 11 is 0. The Kier molecular flexibility index (Phi) is 1.99. The summed E-state index contributed by atoms with van der Waals surface area (Å²) in [6, 6.07) is 8.69. The quantitative estimate of drug-likeness (QED) is 0.757. The van der Waals surface area contributed by atoms with Crippen LogP contribution in [0.15, 0.2) is 24.3 Å². The summed E-state index contributed by atoms with van der Waals surface area (Å²) in [5.41, 5.74) is 3.18. The molecular weight excluding hydrogens is 186 g/mol. The van der Waals surface area contributed by atoms with Gasteiger partial charge in [0, 0.05) is 17.6 Å². The highest BCUT2D eigenvalue weighted by molar-refractivity contribution is 5.55. The Bertz CT molecular complexity index is 371. The predicted molar refractivity (Wildman–Crippen MR) is 61.2 cm³/mol. The molecule has 1 aromatic carbocycles. The van der Waals surface area contributed by atoms with Gasteiger partial charge in [0.25, 0.3) is 0 Å². The molecule has 2 aliphatic rings. The van der Waals surface area contributed by atoms with Crippen LogP contribution in [0.5, 0.6) is 0 Å². The smallest absolute Gasteiger partial charge is 0.0548 e. The summed E-state index contributed by atoms with van der Waals surface area (Å²) in [6.45, 7) is 5.29. The zero-order valence-electron chi connectivity index (χ0n) is 9.12. The fraction of sp³-hybridized carbons (Fsp3) is 0.538. The molecule has 1 aromatic rings. The van der Waals surface area contributed by atoms with Crippen molar-refractivity contribution in [1.82, 2.24) is 0 Å². The highest BCUT2D eigenvalue weighted by atomic mass is 16.5. The second-order valence-electron chi connectivity index (χ2n) is 5.00. The van der Waals surface area contributed by atoms with E-state index in [-0.39, 0.29) is 0 Å². The molecule has 2 heterocycles. The van der Waals surface area contributed by atoms with Crippen LogP contribution in [0.2, 0.25) is 0 Å². The summed E-state index contributed by atoms with van der Waals surface area (Å²) in [5.74, 6) is 0.670. The number of benzene rings is 1. The molecule has 0 aliphatic carbocycles. The number of anilines is 1. The molecule has 1 saturated heterocycles. The lowest BCUT2D eigenvalue weighted by atomic mass is 9.69. The molecule has 2 nitrogen and oxygen atoms in total. The van der Waals surface area contributed by atoms with E-state index in [0.717, 1.165) is 19.8 Å². The SMILES string of the molecule is CC1([C@@H]2CCNc3ccccc32)COC1. The van der Waals surface area contributed by atoms with E-state index >= 15 is 0 Å². The van der Waals surface area contributed by atoms with Crippen molar-refractivity contribution >= 4 is 5.69 Å². The Balaban J connectivity index is 1.98. The van der Waals surface area contributed by atoms with Crippen LogP contribution in [-0.4, -0.2) is 19.8 Å². The fourth-order valence-corrected chi connectivity index (χ4v) is 2.82. The minimum Gasteiger partial charge on any atom is -0.385 e. The predicted octanol–water partition coefficient (Wildman–Crippen LogP) is 2.62. The van der Waals surface area contributed by atoms with Crippen molar-refractivity contribution in [2.24, 2.45) is 5.41 Å². The van der Waals surface area contributed by atoms with E-state index in [4.69, 9.17) is 4.74 Å². The molecule has 0 saturated carbocycles. The van der Waals surface area contributed by atoms with Crippen molar-refractivity contribution in [2.45, 2.75) is 19.3 Å². The fourth-order valence-electron chi connectivity index (χ4n) is 2.82. The van der Waals surface area contributed by atoms with Gasteiger partial charge in [-0.2, -0.15) is 0 Å². The Hall–Kier alpha value is -1.02. The zero-order valence-corrected chi connectivity index (χ0v) is 9.12. The summed E-state index contributed by atoms with van der Waals surface area (Å²) in [5, 5.41) is 3.47. The largest absolute Gasteiger partial charge is 0.385 e. The van der Waals surface area contributed by atoms with E-state index < -0.39 is 0 Å². The number of nitrogens with one attached hydrogen (secondary N) is 1. The van der Waals surface area contributed by atoms with Crippen LogP contribution < -0.4 is 5.32 Å². The second kappa shape index (κ2) is 3.24. The average Bonchev–Trinajstić information content (AvgIpc) is 2.25. The van der Waals surface area contributed by atoms with Gasteiger partial charge in [-0.1, -0.05) is 25.1 Å². The topological polar surface area (TPSA) is 21.3 Å². The molecule has 15 heavy (non-hydrogen) atoms. The molecule has 2 aliphatic heterocycles. The Morgan fingerprint density at radius 1 is 1.33 bits per heavy atom. The molecular formula is C13H17NO. The van der Waals surface area contributed by atoms with E-state index in [1.165, 1.54) is 17.7 Å². The van der Waals surface area contributed by atoms with Crippen LogP contribution in [-0.2, 0) is 4.74 Å². The van der Waals surface area contributed by atoms with Gasteiger partial charge in [0.05, 0.1) is 13.2 Å². The summed E-state index contributed by atoms with van der Waals surface area (Å²) < 4.78 is 5.39. The third-order valence-electron chi connectivity index (χ3n) is 3.79. The lowest BCUT2D eigenvalue weighted by Gasteiger charge is -2.46. The maximum atomic E-state index is 5.39. The maximum absolute atomic E-state index is 5.39. The molecule has 0 bridgehead atoms. The molecule has 2 heteroatoms. The van der Waals surface area contributed by atoms with Crippen LogP contribution >= 0.6 is 0 Å². The minimum absolute atomic E-state index is 0.373. The first kappa shape index (κ1) is 9.22. The van der Waals surface area contributed by atoms with Gasteiger partial charge in [0.1, 0.15) is 0 Å². The highest BCUT2D eigenvalue weighted by Gasteiger charge is 2.43.